The monoisotopic (exact) mass is 463 g/mol. The molecule has 0 aliphatic carbocycles. The van der Waals surface area contributed by atoms with Crippen molar-refractivity contribution in [1.29, 1.82) is 0 Å². The second-order valence-electron chi connectivity index (χ2n) is 7.58. The maximum Gasteiger partial charge on any atom is 0.274 e. The molecule has 32 heavy (non-hydrogen) atoms. The van der Waals surface area contributed by atoms with Gasteiger partial charge >= 0.3 is 0 Å². The number of halogens is 1. The number of hydrogen-bond acceptors (Lipinski definition) is 8. The average molecular weight is 463 g/mol. The highest BCUT2D eigenvalue weighted by Gasteiger charge is 2.47. The van der Waals surface area contributed by atoms with Crippen molar-refractivity contribution in [3.8, 4) is 11.5 Å². The Balaban J connectivity index is 1.67. The number of carbonyl (C=O) groups excluding carboxylic acids is 1. The molecule has 10 nitrogen and oxygen atoms in total. The molecular formula is C20H22FN5O5S. The zero-order chi connectivity index (χ0) is 23.1. The molecule has 2 aromatic rings. The number of rotatable bonds is 4. The van der Waals surface area contributed by atoms with Crippen molar-refractivity contribution in [1.82, 2.24) is 9.29 Å². The SMILES string of the molecule is Cc1cc(OCF)cnc1C(=O)Nc1ccc2c(c1)[C@]1(CCO2)CS(=O)(=O)N(C)C(N)=N1. The highest BCUT2D eigenvalue weighted by molar-refractivity contribution is 7.89. The van der Waals surface area contributed by atoms with Crippen LogP contribution in [0.2, 0.25) is 0 Å². The number of alkyl halides is 1. The number of aromatic nitrogens is 1. The topological polar surface area (TPSA) is 136 Å². The van der Waals surface area contributed by atoms with Crippen LogP contribution in [0.4, 0.5) is 10.1 Å². The summed E-state index contributed by atoms with van der Waals surface area (Å²) in [5, 5.41) is 2.75. The van der Waals surface area contributed by atoms with E-state index in [4.69, 9.17) is 15.2 Å². The first-order chi connectivity index (χ1) is 15.1. The summed E-state index contributed by atoms with van der Waals surface area (Å²) in [4.78, 5) is 21.3. The number of ether oxygens (including phenoxy) is 2. The van der Waals surface area contributed by atoms with Crippen LogP contribution in [0, 0.1) is 6.92 Å². The molecule has 2 aliphatic heterocycles. The van der Waals surface area contributed by atoms with E-state index in [0.29, 0.717) is 29.0 Å². The molecule has 0 radical (unpaired) electrons. The Hall–Kier alpha value is -3.41. The minimum Gasteiger partial charge on any atom is -0.493 e. The first-order valence-electron chi connectivity index (χ1n) is 9.71. The van der Waals surface area contributed by atoms with Crippen molar-refractivity contribution in [3.63, 3.8) is 0 Å². The van der Waals surface area contributed by atoms with Crippen LogP contribution in [0.3, 0.4) is 0 Å². The molecule has 3 heterocycles. The third kappa shape index (κ3) is 3.81. The molecule has 1 aromatic carbocycles. The van der Waals surface area contributed by atoms with E-state index < -0.39 is 28.3 Å². The van der Waals surface area contributed by atoms with Gasteiger partial charge in [0.25, 0.3) is 5.91 Å². The van der Waals surface area contributed by atoms with Crippen molar-refractivity contribution in [3.05, 3.63) is 47.3 Å². The summed E-state index contributed by atoms with van der Waals surface area (Å²) in [5.41, 5.74) is 6.38. The number of fused-ring (bicyclic) bond motifs is 2. The summed E-state index contributed by atoms with van der Waals surface area (Å²) < 4.78 is 49.0. The molecule has 0 bridgehead atoms. The fourth-order valence-corrected chi connectivity index (χ4v) is 5.30. The molecule has 12 heteroatoms. The van der Waals surface area contributed by atoms with Gasteiger partial charge in [0.15, 0.2) is 0 Å². The maximum atomic E-state index is 12.8. The van der Waals surface area contributed by atoms with E-state index in [-0.39, 0.29) is 29.8 Å². The number of anilines is 1. The molecule has 2 aliphatic rings. The number of pyridine rings is 1. The van der Waals surface area contributed by atoms with E-state index >= 15 is 0 Å². The lowest BCUT2D eigenvalue weighted by molar-refractivity contribution is 0.102. The standard InChI is InChI=1S/C20H22FN5O5S/c1-12-7-14(31-11-21)9-23-17(12)18(27)24-13-3-4-16-15(8-13)20(5-6-30-16)10-32(28,29)26(2)19(22)25-20/h3-4,7-9H,5-6,10-11H2,1-2H3,(H2,22,25)(H,24,27)/t20-/m0/s1. The molecular weight excluding hydrogens is 441 g/mol. The van der Waals surface area contributed by atoms with Gasteiger partial charge in [0.2, 0.25) is 22.8 Å². The molecule has 4 rings (SSSR count). The Morgan fingerprint density at radius 1 is 1.41 bits per heavy atom. The van der Waals surface area contributed by atoms with Crippen LogP contribution in [-0.2, 0) is 15.6 Å². The van der Waals surface area contributed by atoms with Crippen LogP contribution in [0.5, 0.6) is 11.5 Å². The van der Waals surface area contributed by atoms with Crippen LogP contribution >= 0.6 is 0 Å². The lowest BCUT2D eigenvalue weighted by atomic mass is 9.86. The Morgan fingerprint density at radius 3 is 2.88 bits per heavy atom. The zero-order valence-electron chi connectivity index (χ0n) is 17.5. The van der Waals surface area contributed by atoms with Gasteiger partial charge in [0, 0.05) is 24.7 Å². The van der Waals surface area contributed by atoms with Crippen LogP contribution in [-0.4, -0.2) is 55.8 Å². The van der Waals surface area contributed by atoms with E-state index in [9.17, 15) is 17.6 Å². The van der Waals surface area contributed by atoms with Gasteiger partial charge < -0.3 is 20.5 Å². The van der Waals surface area contributed by atoms with E-state index in [1.807, 2.05) is 0 Å². The second-order valence-corrected chi connectivity index (χ2v) is 9.58. The zero-order valence-corrected chi connectivity index (χ0v) is 18.3. The number of sulfonamides is 1. The number of nitrogens with two attached hydrogens (primary N) is 1. The van der Waals surface area contributed by atoms with Gasteiger partial charge in [-0.15, -0.1) is 0 Å². The number of carbonyl (C=O) groups is 1. The summed E-state index contributed by atoms with van der Waals surface area (Å²) in [5.74, 6) is -0.157. The van der Waals surface area contributed by atoms with Gasteiger partial charge in [-0.05, 0) is 36.8 Å². The molecule has 1 atom stereocenters. The van der Waals surface area contributed by atoms with Crippen molar-refractivity contribution >= 4 is 27.6 Å². The van der Waals surface area contributed by atoms with Crippen LogP contribution in [0.15, 0.2) is 35.5 Å². The number of amides is 1. The van der Waals surface area contributed by atoms with E-state index in [1.54, 1.807) is 25.1 Å². The minimum atomic E-state index is -3.67. The lowest BCUT2D eigenvalue weighted by Gasteiger charge is -2.40. The molecule has 1 amide bonds. The van der Waals surface area contributed by atoms with E-state index in [0.717, 1.165) is 4.31 Å². The predicted molar refractivity (Wildman–Crippen MR) is 115 cm³/mol. The molecule has 1 aromatic heterocycles. The average Bonchev–Trinajstić information content (AvgIpc) is 2.73. The number of benzene rings is 1. The Labute approximate surface area is 184 Å². The first kappa shape index (κ1) is 21.8. The van der Waals surface area contributed by atoms with Gasteiger partial charge in [0.1, 0.15) is 22.7 Å². The summed E-state index contributed by atoms with van der Waals surface area (Å²) in [6.45, 7) is 0.943. The number of nitrogens with one attached hydrogen (secondary N) is 1. The highest BCUT2D eigenvalue weighted by atomic mass is 32.2. The van der Waals surface area contributed by atoms with Crippen LogP contribution < -0.4 is 20.5 Å². The van der Waals surface area contributed by atoms with Crippen LogP contribution in [0.25, 0.3) is 0 Å². The molecule has 0 saturated heterocycles. The number of guanidine groups is 1. The smallest absolute Gasteiger partial charge is 0.274 e. The van der Waals surface area contributed by atoms with Gasteiger partial charge in [-0.25, -0.2) is 27.1 Å². The molecule has 0 saturated carbocycles. The lowest BCUT2D eigenvalue weighted by Crippen LogP contribution is -2.52. The van der Waals surface area contributed by atoms with Crippen LogP contribution in [0.1, 0.15) is 28.0 Å². The summed E-state index contributed by atoms with van der Waals surface area (Å²) >= 11 is 0. The minimum absolute atomic E-state index is 0.103. The van der Waals surface area contributed by atoms with E-state index in [1.165, 1.54) is 19.3 Å². The van der Waals surface area contributed by atoms with Gasteiger partial charge in [-0.1, -0.05) is 0 Å². The quantitative estimate of drug-likeness (QED) is 0.701. The Kier molecular flexibility index (Phi) is 5.41. The summed E-state index contributed by atoms with van der Waals surface area (Å²) in [7, 11) is -2.31. The fraction of sp³-hybridized carbons (Fsp3) is 0.350. The first-order valence-corrected chi connectivity index (χ1v) is 11.3. The Morgan fingerprint density at radius 2 is 2.19 bits per heavy atom. The fourth-order valence-electron chi connectivity index (χ4n) is 3.81. The predicted octanol–water partition coefficient (Wildman–Crippen LogP) is 1.52. The molecule has 0 fully saturated rings. The van der Waals surface area contributed by atoms with Crippen molar-refractivity contribution in [2.24, 2.45) is 10.7 Å². The summed E-state index contributed by atoms with van der Waals surface area (Å²) in [6, 6.07) is 6.45. The highest BCUT2D eigenvalue weighted by Crippen LogP contribution is 2.44. The summed E-state index contributed by atoms with van der Waals surface area (Å²) in [6.07, 6.45) is 1.58. The van der Waals surface area contributed by atoms with Gasteiger partial charge in [-0.3, -0.25) is 4.79 Å². The van der Waals surface area contributed by atoms with E-state index in [2.05, 4.69) is 15.3 Å². The second kappa shape index (κ2) is 7.93. The molecule has 0 unspecified atom stereocenters. The van der Waals surface area contributed by atoms with Gasteiger partial charge in [0.05, 0.1) is 18.6 Å². The van der Waals surface area contributed by atoms with Crippen molar-refractivity contribution in [2.75, 3.05) is 31.6 Å². The molecule has 1 spiro atoms. The third-order valence-electron chi connectivity index (χ3n) is 5.49. The number of aryl methyl sites for hydroxylation is 1. The molecule has 170 valence electrons. The number of nitrogens with zero attached hydrogens (tertiary/aromatic N) is 3. The van der Waals surface area contributed by atoms with Crippen molar-refractivity contribution in [2.45, 2.75) is 18.9 Å². The largest absolute Gasteiger partial charge is 0.493 e. The number of hydrogen-bond donors (Lipinski definition) is 2. The van der Waals surface area contributed by atoms with Crippen molar-refractivity contribution < 1.29 is 27.1 Å². The molecule has 3 N–H and O–H groups in total. The normalized spacial score (nSPS) is 21.3. The third-order valence-corrected chi connectivity index (χ3v) is 7.36. The number of aliphatic imine (C=N–C) groups is 1. The van der Waals surface area contributed by atoms with Gasteiger partial charge in [-0.2, -0.15) is 0 Å². The Bertz CT molecular complexity index is 1220. The maximum absolute atomic E-state index is 12.8.